The summed E-state index contributed by atoms with van der Waals surface area (Å²) in [6, 6.07) is 4.33. The number of methoxy groups -OCH3 is 1. The van der Waals surface area contributed by atoms with E-state index in [0.29, 0.717) is 11.3 Å². The van der Waals surface area contributed by atoms with E-state index < -0.39 is 12.0 Å². The van der Waals surface area contributed by atoms with Gasteiger partial charge in [-0.2, -0.15) is 0 Å². The van der Waals surface area contributed by atoms with Crippen LogP contribution >= 0.6 is 0 Å². The van der Waals surface area contributed by atoms with Gasteiger partial charge in [0.15, 0.2) is 0 Å². The Morgan fingerprint density at radius 1 is 1.39 bits per heavy atom. The van der Waals surface area contributed by atoms with Crippen molar-refractivity contribution in [2.75, 3.05) is 14.2 Å². The second-order valence-electron chi connectivity index (χ2n) is 4.13. The Balaban J connectivity index is 3.10. The first-order valence-electron chi connectivity index (χ1n) is 5.53. The monoisotopic (exact) mass is 251 g/mol. The maximum absolute atomic E-state index is 12.2. The van der Waals surface area contributed by atoms with Crippen molar-refractivity contribution in [1.82, 2.24) is 4.90 Å². The van der Waals surface area contributed by atoms with Crippen LogP contribution in [0.4, 0.5) is 0 Å². The van der Waals surface area contributed by atoms with Crippen LogP contribution in [0, 0.1) is 6.92 Å². The predicted octanol–water partition coefficient (Wildman–Crippen LogP) is 1.55. The Bertz CT molecular complexity index is 470. The third kappa shape index (κ3) is 2.80. The van der Waals surface area contributed by atoms with Gasteiger partial charge in [-0.15, -0.1) is 0 Å². The fourth-order valence-electron chi connectivity index (χ4n) is 1.52. The minimum absolute atomic E-state index is 0.369. The number of likely N-dealkylation sites (N-methyl/N-ethyl adjacent to an activating group) is 1. The van der Waals surface area contributed by atoms with Gasteiger partial charge in [-0.1, -0.05) is 11.6 Å². The number of rotatable bonds is 4. The Labute approximate surface area is 106 Å². The predicted molar refractivity (Wildman–Crippen MR) is 66.9 cm³/mol. The quantitative estimate of drug-likeness (QED) is 0.881. The average Bonchev–Trinajstić information content (AvgIpc) is 2.35. The molecular formula is C13H17NO4. The van der Waals surface area contributed by atoms with Gasteiger partial charge in [0.1, 0.15) is 11.8 Å². The van der Waals surface area contributed by atoms with Gasteiger partial charge >= 0.3 is 5.97 Å². The summed E-state index contributed by atoms with van der Waals surface area (Å²) in [5.41, 5.74) is 1.28. The largest absolute Gasteiger partial charge is 0.496 e. The van der Waals surface area contributed by atoms with Crippen molar-refractivity contribution < 1.29 is 19.4 Å². The van der Waals surface area contributed by atoms with Gasteiger partial charge < -0.3 is 14.7 Å². The van der Waals surface area contributed by atoms with E-state index in [2.05, 4.69) is 0 Å². The molecule has 98 valence electrons. The summed E-state index contributed by atoms with van der Waals surface area (Å²) >= 11 is 0. The molecule has 0 fully saturated rings. The molecule has 0 radical (unpaired) electrons. The van der Waals surface area contributed by atoms with Gasteiger partial charge in [0.05, 0.1) is 12.7 Å². The van der Waals surface area contributed by atoms with Crippen LogP contribution in [0.2, 0.25) is 0 Å². The second kappa shape index (κ2) is 5.53. The first kappa shape index (κ1) is 14.0. The Morgan fingerprint density at radius 3 is 2.50 bits per heavy atom. The van der Waals surface area contributed by atoms with Crippen molar-refractivity contribution in [2.24, 2.45) is 0 Å². The molecule has 5 nitrogen and oxygen atoms in total. The van der Waals surface area contributed by atoms with Crippen LogP contribution in [0.25, 0.3) is 0 Å². The van der Waals surface area contributed by atoms with Gasteiger partial charge in [0.25, 0.3) is 5.91 Å². The van der Waals surface area contributed by atoms with Crippen LogP contribution in [-0.2, 0) is 4.79 Å². The van der Waals surface area contributed by atoms with Crippen LogP contribution < -0.4 is 4.74 Å². The van der Waals surface area contributed by atoms with E-state index in [0.717, 1.165) is 5.56 Å². The summed E-state index contributed by atoms with van der Waals surface area (Å²) in [6.45, 7) is 3.32. The Hall–Kier alpha value is -2.04. The van der Waals surface area contributed by atoms with Crippen molar-refractivity contribution >= 4 is 11.9 Å². The number of carboxylic acids is 1. The number of aliphatic carboxylic acids is 1. The number of benzene rings is 1. The molecule has 1 aromatic rings. The Kier molecular flexibility index (Phi) is 4.31. The van der Waals surface area contributed by atoms with Crippen LogP contribution in [-0.4, -0.2) is 42.1 Å². The third-order valence-corrected chi connectivity index (χ3v) is 2.84. The van der Waals surface area contributed by atoms with Crippen LogP contribution in [0.5, 0.6) is 5.75 Å². The molecule has 1 N–H and O–H groups in total. The standard InChI is InChI=1S/C13H17NO4/c1-8-5-6-11(18-4)10(7-8)12(15)14(3)9(2)13(16)17/h5-7,9H,1-4H3,(H,16,17). The van der Waals surface area contributed by atoms with E-state index in [1.807, 2.05) is 13.0 Å². The fourth-order valence-corrected chi connectivity index (χ4v) is 1.52. The number of carbonyl (C=O) groups excluding carboxylic acids is 1. The zero-order valence-electron chi connectivity index (χ0n) is 10.9. The minimum Gasteiger partial charge on any atom is -0.496 e. The van der Waals surface area contributed by atoms with Gasteiger partial charge in [0, 0.05) is 7.05 Å². The molecule has 1 unspecified atom stereocenters. The highest BCUT2D eigenvalue weighted by Gasteiger charge is 2.24. The molecule has 0 aliphatic carbocycles. The number of hydrogen-bond acceptors (Lipinski definition) is 3. The van der Waals surface area contributed by atoms with Gasteiger partial charge in [0.2, 0.25) is 0 Å². The molecule has 1 atom stereocenters. The molecule has 0 aliphatic rings. The number of carboxylic acid groups (broad SMARTS) is 1. The van der Waals surface area contributed by atoms with Crippen LogP contribution in [0.3, 0.4) is 0 Å². The van der Waals surface area contributed by atoms with Crippen molar-refractivity contribution in [3.8, 4) is 5.75 Å². The van der Waals surface area contributed by atoms with Gasteiger partial charge in [-0.3, -0.25) is 4.79 Å². The maximum atomic E-state index is 12.2. The number of nitrogens with zero attached hydrogens (tertiary/aromatic N) is 1. The Morgan fingerprint density at radius 2 is 2.00 bits per heavy atom. The molecule has 1 amide bonds. The van der Waals surface area contributed by atoms with E-state index in [1.54, 1.807) is 12.1 Å². The normalized spacial score (nSPS) is 11.8. The molecule has 1 aromatic carbocycles. The summed E-state index contributed by atoms with van der Waals surface area (Å²) in [5.74, 6) is -0.974. The van der Waals surface area contributed by atoms with E-state index >= 15 is 0 Å². The average molecular weight is 251 g/mol. The molecular weight excluding hydrogens is 234 g/mol. The summed E-state index contributed by atoms with van der Waals surface area (Å²) in [5, 5.41) is 8.90. The van der Waals surface area contributed by atoms with E-state index in [-0.39, 0.29) is 5.91 Å². The van der Waals surface area contributed by atoms with Crippen molar-refractivity contribution in [3.63, 3.8) is 0 Å². The van der Waals surface area contributed by atoms with Crippen molar-refractivity contribution in [2.45, 2.75) is 19.9 Å². The molecule has 0 spiro atoms. The molecule has 5 heteroatoms. The minimum atomic E-state index is -1.04. The number of aryl methyl sites for hydroxylation is 1. The molecule has 0 heterocycles. The summed E-state index contributed by atoms with van der Waals surface area (Å²) in [6.07, 6.45) is 0. The molecule has 0 saturated heterocycles. The molecule has 0 saturated carbocycles. The first-order chi connectivity index (χ1) is 8.38. The first-order valence-corrected chi connectivity index (χ1v) is 5.53. The van der Waals surface area contributed by atoms with Crippen LogP contribution in [0.15, 0.2) is 18.2 Å². The summed E-state index contributed by atoms with van der Waals surface area (Å²) in [4.78, 5) is 24.3. The van der Waals surface area contributed by atoms with E-state index in [1.165, 1.54) is 26.0 Å². The second-order valence-corrected chi connectivity index (χ2v) is 4.13. The number of ether oxygens (including phenoxy) is 1. The zero-order chi connectivity index (χ0) is 13.9. The van der Waals surface area contributed by atoms with Gasteiger partial charge in [-0.05, 0) is 26.0 Å². The lowest BCUT2D eigenvalue weighted by atomic mass is 10.1. The van der Waals surface area contributed by atoms with E-state index in [9.17, 15) is 9.59 Å². The van der Waals surface area contributed by atoms with E-state index in [4.69, 9.17) is 9.84 Å². The smallest absolute Gasteiger partial charge is 0.326 e. The molecule has 0 bridgehead atoms. The number of amides is 1. The van der Waals surface area contributed by atoms with Crippen molar-refractivity contribution in [3.05, 3.63) is 29.3 Å². The topological polar surface area (TPSA) is 66.8 Å². The highest BCUT2D eigenvalue weighted by Crippen LogP contribution is 2.21. The molecule has 0 aromatic heterocycles. The molecule has 1 rings (SSSR count). The number of hydrogen-bond donors (Lipinski definition) is 1. The number of carbonyl (C=O) groups is 2. The maximum Gasteiger partial charge on any atom is 0.326 e. The zero-order valence-corrected chi connectivity index (χ0v) is 10.9. The third-order valence-electron chi connectivity index (χ3n) is 2.84. The van der Waals surface area contributed by atoms with Gasteiger partial charge in [-0.25, -0.2) is 4.79 Å². The lowest BCUT2D eigenvalue weighted by Crippen LogP contribution is -2.40. The van der Waals surface area contributed by atoms with Crippen LogP contribution in [0.1, 0.15) is 22.8 Å². The van der Waals surface area contributed by atoms with Crippen molar-refractivity contribution in [1.29, 1.82) is 0 Å². The fraction of sp³-hybridized carbons (Fsp3) is 0.385. The highest BCUT2D eigenvalue weighted by atomic mass is 16.5. The summed E-state index contributed by atoms with van der Waals surface area (Å²) < 4.78 is 5.12. The SMILES string of the molecule is COc1ccc(C)cc1C(=O)N(C)C(C)C(=O)O. The summed E-state index contributed by atoms with van der Waals surface area (Å²) in [7, 11) is 2.94. The lowest BCUT2D eigenvalue weighted by Gasteiger charge is -2.22. The lowest BCUT2D eigenvalue weighted by molar-refractivity contribution is -0.141. The molecule has 0 aliphatic heterocycles. The molecule has 18 heavy (non-hydrogen) atoms. The highest BCUT2D eigenvalue weighted by molar-refractivity contribution is 5.98.